The molecule has 0 aliphatic heterocycles. The third-order valence-electron chi connectivity index (χ3n) is 4.26. The van der Waals surface area contributed by atoms with Crippen molar-refractivity contribution in [3.63, 3.8) is 0 Å². The second-order valence-corrected chi connectivity index (χ2v) is 5.74. The number of hydrogen-bond acceptors (Lipinski definition) is 5. The lowest BCUT2D eigenvalue weighted by molar-refractivity contribution is 0.108. The van der Waals surface area contributed by atoms with Crippen molar-refractivity contribution in [2.75, 3.05) is 12.3 Å². The normalized spacial score (nSPS) is 26.6. The number of hydrogen-bond donors (Lipinski definition) is 2. The number of nitrogens with two attached hydrogens (primary N) is 1. The van der Waals surface area contributed by atoms with E-state index < -0.39 is 0 Å². The lowest BCUT2D eigenvalue weighted by Crippen LogP contribution is -2.30. The molecule has 2 heterocycles. The van der Waals surface area contributed by atoms with Crippen LogP contribution in [0.3, 0.4) is 0 Å². The van der Waals surface area contributed by atoms with Crippen molar-refractivity contribution >= 4 is 17.0 Å². The number of nitrogens with zero attached hydrogens (tertiary/aromatic N) is 4. The van der Waals surface area contributed by atoms with Crippen LogP contribution in [0.15, 0.2) is 6.20 Å². The van der Waals surface area contributed by atoms with Gasteiger partial charge in [-0.25, -0.2) is 14.6 Å². The zero-order valence-corrected chi connectivity index (χ0v) is 10.7. The van der Waals surface area contributed by atoms with Crippen molar-refractivity contribution in [3.05, 3.63) is 11.9 Å². The zero-order chi connectivity index (χ0) is 13.0. The van der Waals surface area contributed by atoms with E-state index in [4.69, 9.17) is 15.8 Å². The molecule has 0 saturated heterocycles. The molecule has 0 unspecified atom stereocenters. The predicted molar refractivity (Wildman–Crippen MR) is 70.6 cm³/mol. The van der Waals surface area contributed by atoms with Gasteiger partial charge in [0.25, 0.3) is 0 Å². The fraction of sp³-hybridized carbons (Fsp3) is 0.615. The van der Waals surface area contributed by atoms with Gasteiger partial charge in [-0.05, 0) is 31.6 Å². The Balaban J connectivity index is 1.75. The Bertz CT molecular complexity index is 627. The highest BCUT2D eigenvalue weighted by atomic mass is 16.3. The molecule has 0 radical (unpaired) electrons. The van der Waals surface area contributed by atoms with Crippen LogP contribution >= 0.6 is 0 Å². The average molecular weight is 259 g/mol. The lowest BCUT2D eigenvalue weighted by Gasteiger charge is -2.34. The van der Waals surface area contributed by atoms with Gasteiger partial charge >= 0.3 is 0 Å². The topological polar surface area (TPSA) is 89.8 Å². The van der Waals surface area contributed by atoms with E-state index in [0.717, 1.165) is 24.2 Å². The molecule has 2 aliphatic rings. The highest BCUT2D eigenvalue weighted by Crippen LogP contribution is 2.41. The summed E-state index contributed by atoms with van der Waals surface area (Å²) in [5, 5.41) is 13.5. The Labute approximate surface area is 110 Å². The van der Waals surface area contributed by atoms with Crippen molar-refractivity contribution in [1.82, 2.24) is 19.7 Å². The van der Waals surface area contributed by atoms with Crippen LogP contribution < -0.4 is 5.73 Å². The Kier molecular flexibility index (Phi) is 2.29. The molecule has 0 amide bonds. The minimum Gasteiger partial charge on any atom is -0.396 e. The molecular weight excluding hydrogens is 242 g/mol. The molecule has 0 atom stereocenters. The molecular formula is C13H17N5O. The number of rotatable bonds is 3. The third kappa shape index (κ3) is 1.70. The van der Waals surface area contributed by atoms with E-state index in [1.165, 1.54) is 12.8 Å². The molecule has 2 aliphatic carbocycles. The molecule has 0 aromatic carbocycles. The minimum atomic E-state index is 0.254. The summed E-state index contributed by atoms with van der Waals surface area (Å²) in [6.07, 6.45) is 6.14. The summed E-state index contributed by atoms with van der Waals surface area (Å²) in [5.41, 5.74) is 8.49. The van der Waals surface area contributed by atoms with Gasteiger partial charge in [0.15, 0.2) is 17.0 Å². The smallest absolute Gasteiger partial charge is 0.179 e. The lowest BCUT2D eigenvalue weighted by atomic mass is 9.81. The second kappa shape index (κ2) is 3.90. The van der Waals surface area contributed by atoms with Crippen LogP contribution in [0.1, 0.15) is 43.3 Å². The summed E-state index contributed by atoms with van der Waals surface area (Å²) >= 11 is 0. The maximum atomic E-state index is 9.11. The summed E-state index contributed by atoms with van der Waals surface area (Å²) in [7, 11) is 0. The van der Waals surface area contributed by atoms with Crippen LogP contribution in [-0.2, 0) is 0 Å². The first-order chi connectivity index (χ1) is 9.26. The van der Waals surface area contributed by atoms with Crippen LogP contribution in [0.5, 0.6) is 0 Å². The van der Waals surface area contributed by atoms with Gasteiger partial charge in [-0.3, -0.25) is 0 Å². The first-order valence-corrected chi connectivity index (χ1v) is 6.87. The second-order valence-electron chi connectivity index (χ2n) is 5.74. The molecule has 2 fully saturated rings. The molecule has 100 valence electrons. The van der Waals surface area contributed by atoms with Gasteiger partial charge in [-0.1, -0.05) is 0 Å². The van der Waals surface area contributed by atoms with Gasteiger partial charge in [0, 0.05) is 18.7 Å². The Morgan fingerprint density at radius 2 is 2.16 bits per heavy atom. The van der Waals surface area contributed by atoms with Crippen molar-refractivity contribution in [2.24, 2.45) is 5.92 Å². The maximum Gasteiger partial charge on any atom is 0.179 e. The largest absolute Gasteiger partial charge is 0.396 e. The summed E-state index contributed by atoms with van der Waals surface area (Å²) < 4.78 is 1.91. The zero-order valence-electron chi connectivity index (χ0n) is 10.7. The van der Waals surface area contributed by atoms with Gasteiger partial charge in [-0.15, -0.1) is 0 Å². The monoisotopic (exact) mass is 259 g/mol. The molecule has 2 aromatic heterocycles. The van der Waals surface area contributed by atoms with Crippen LogP contribution in [0.4, 0.5) is 5.82 Å². The van der Waals surface area contributed by atoms with Crippen LogP contribution in [0.25, 0.3) is 11.2 Å². The standard InChI is InChI=1S/C13H17N5O/c14-12-11-13(16-10(5-15-11)8-1-2-8)18(17-12)9-3-7(4-9)6-19/h5,7-9,19H,1-4,6H2,(H2,14,17)/t7-,9+. The number of anilines is 1. The highest BCUT2D eigenvalue weighted by Gasteiger charge is 2.33. The van der Waals surface area contributed by atoms with E-state index in [0.29, 0.717) is 29.2 Å². The molecule has 2 aromatic rings. The fourth-order valence-electron chi connectivity index (χ4n) is 2.82. The Hall–Kier alpha value is -1.69. The van der Waals surface area contributed by atoms with E-state index in [2.05, 4.69) is 10.1 Å². The first kappa shape index (κ1) is 11.2. The first-order valence-electron chi connectivity index (χ1n) is 6.87. The molecule has 6 heteroatoms. The van der Waals surface area contributed by atoms with E-state index in [1.54, 1.807) is 0 Å². The van der Waals surface area contributed by atoms with Gasteiger partial charge in [0.1, 0.15) is 0 Å². The van der Waals surface area contributed by atoms with Crippen molar-refractivity contribution < 1.29 is 5.11 Å². The number of aliphatic hydroxyl groups excluding tert-OH is 1. The van der Waals surface area contributed by atoms with Gasteiger partial charge in [-0.2, -0.15) is 5.10 Å². The summed E-state index contributed by atoms with van der Waals surface area (Å²) in [4.78, 5) is 9.13. The quantitative estimate of drug-likeness (QED) is 0.865. The SMILES string of the molecule is Nc1nn([C@H]2C[C@@H](CO)C2)c2nc(C3CC3)cnc12. The van der Waals surface area contributed by atoms with Crippen LogP contribution in [0, 0.1) is 5.92 Å². The van der Waals surface area contributed by atoms with Crippen molar-refractivity contribution in [3.8, 4) is 0 Å². The van der Waals surface area contributed by atoms with E-state index in [-0.39, 0.29) is 6.61 Å². The molecule has 2 saturated carbocycles. The molecule has 0 bridgehead atoms. The predicted octanol–water partition coefficient (Wildman–Crippen LogP) is 1.23. The van der Waals surface area contributed by atoms with E-state index >= 15 is 0 Å². The number of aliphatic hydroxyl groups is 1. The van der Waals surface area contributed by atoms with E-state index in [1.807, 2.05) is 10.9 Å². The van der Waals surface area contributed by atoms with Crippen molar-refractivity contribution in [1.29, 1.82) is 0 Å². The number of fused-ring (bicyclic) bond motifs is 1. The number of aromatic nitrogens is 4. The highest BCUT2D eigenvalue weighted by molar-refractivity contribution is 5.82. The fourth-order valence-corrected chi connectivity index (χ4v) is 2.82. The molecule has 19 heavy (non-hydrogen) atoms. The molecule has 0 spiro atoms. The maximum absolute atomic E-state index is 9.11. The average Bonchev–Trinajstić information content (AvgIpc) is 3.15. The summed E-state index contributed by atoms with van der Waals surface area (Å²) in [6.45, 7) is 0.254. The molecule has 3 N–H and O–H groups in total. The third-order valence-corrected chi connectivity index (χ3v) is 4.26. The van der Waals surface area contributed by atoms with Gasteiger partial charge in [0.2, 0.25) is 0 Å². The minimum absolute atomic E-state index is 0.254. The molecule has 6 nitrogen and oxygen atoms in total. The summed E-state index contributed by atoms with van der Waals surface area (Å²) in [5.74, 6) is 1.43. The van der Waals surface area contributed by atoms with Gasteiger partial charge in [0.05, 0.1) is 11.7 Å². The number of nitrogen functional groups attached to an aromatic ring is 1. The Morgan fingerprint density at radius 3 is 2.84 bits per heavy atom. The Morgan fingerprint density at radius 1 is 1.37 bits per heavy atom. The van der Waals surface area contributed by atoms with Crippen molar-refractivity contribution in [2.45, 2.75) is 37.6 Å². The summed E-state index contributed by atoms with van der Waals surface area (Å²) in [6, 6.07) is 0.306. The van der Waals surface area contributed by atoms with E-state index in [9.17, 15) is 0 Å². The van der Waals surface area contributed by atoms with Crippen LogP contribution in [0.2, 0.25) is 0 Å². The van der Waals surface area contributed by atoms with Crippen LogP contribution in [-0.4, -0.2) is 31.5 Å². The van der Waals surface area contributed by atoms with Gasteiger partial charge < -0.3 is 10.8 Å². The molecule has 4 rings (SSSR count).